The van der Waals surface area contributed by atoms with Crippen LogP contribution in [0.4, 0.5) is 0 Å². The molecule has 136 valence electrons. The second-order valence-corrected chi connectivity index (χ2v) is 11.7. The topological polar surface area (TPSA) is 29.5 Å². The highest BCUT2D eigenvalue weighted by atomic mass is 28.4. The molecule has 0 saturated heterocycles. The van der Waals surface area contributed by atoms with Gasteiger partial charge in [0.25, 0.3) is 0 Å². The second-order valence-electron chi connectivity index (χ2n) is 6.92. The first-order chi connectivity index (χ1) is 12.1. The van der Waals surface area contributed by atoms with Gasteiger partial charge in [-0.15, -0.1) is 0 Å². The zero-order chi connectivity index (χ0) is 18.2. The number of hydrogen-bond acceptors (Lipinski definition) is 2. The zero-order valence-corrected chi connectivity index (χ0v) is 16.9. The van der Waals surface area contributed by atoms with E-state index in [9.17, 15) is 5.11 Å². The van der Waals surface area contributed by atoms with E-state index < -0.39 is 13.9 Å². The van der Waals surface area contributed by atoms with Gasteiger partial charge in [-0.05, 0) is 42.1 Å². The molecule has 3 heteroatoms. The largest absolute Gasteiger partial charge is 0.414 e. The maximum atomic E-state index is 11.5. The van der Waals surface area contributed by atoms with Gasteiger partial charge in [0.15, 0.2) is 8.32 Å². The van der Waals surface area contributed by atoms with Crippen LogP contribution in [0.2, 0.25) is 18.1 Å². The second kappa shape index (κ2) is 9.32. The van der Waals surface area contributed by atoms with Crippen LogP contribution < -0.4 is 0 Å². The fourth-order valence-corrected chi connectivity index (χ4v) is 6.03. The maximum absolute atomic E-state index is 11.5. The summed E-state index contributed by atoms with van der Waals surface area (Å²) in [5, 5.41) is 11.5. The van der Waals surface area contributed by atoms with Gasteiger partial charge in [-0.25, -0.2) is 0 Å². The van der Waals surface area contributed by atoms with E-state index in [1.54, 1.807) is 0 Å². The number of aliphatic hydroxyl groups is 1. The van der Waals surface area contributed by atoms with Crippen molar-refractivity contribution in [1.82, 2.24) is 0 Å². The Bertz CT molecular complexity index is 602. The summed E-state index contributed by atoms with van der Waals surface area (Å²) in [5.41, 5.74) is 1.27. The predicted molar refractivity (Wildman–Crippen MR) is 108 cm³/mol. The monoisotopic (exact) mass is 356 g/mol. The summed E-state index contributed by atoms with van der Waals surface area (Å²) in [6, 6.07) is 23.7. The molecule has 0 heterocycles. The Kier molecular flexibility index (Phi) is 7.42. The maximum Gasteiger partial charge on any atom is 0.192 e. The van der Waals surface area contributed by atoms with Crippen LogP contribution in [0, 0.1) is 0 Å². The van der Waals surface area contributed by atoms with Crippen LogP contribution in [0.3, 0.4) is 0 Å². The lowest BCUT2D eigenvalue weighted by atomic mass is 9.88. The molecular formula is C22H32O2Si. The third kappa shape index (κ3) is 5.27. The van der Waals surface area contributed by atoms with Gasteiger partial charge in [0, 0.05) is 0 Å². The van der Waals surface area contributed by atoms with E-state index in [1.807, 2.05) is 36.4 Å². The Balaban J connectivity index is 2.17. The molecule has 0 unspecified atom stereocenters. The minimum absolute atomic E-state index is 0.394. The highest BCUT2D eigenvalue weighted by Crippen LogP contribution is 2.31. The van der Waals surface area contributed by atoms with Crippen molar-refractivity contribution in [2.24, 2.45) is 0 Å². The molecule has 2 nitrogen and oxygen atoms in total. The van der Waals surface area contributed by atoms with E-state index in [0.717, 1.165) is 30.1 Å². The Hall–Kier alpha value is -1.42. The molecule has 0 aromatic heterocycles. The number of benzene rings is 2. The summed E-state index contributed by atoms with van der Waals surface area (Å²) in [7, 11) is -1.73. The van der Waals surface area contributed by atoms with E-state index in [-0.39, 0.29) is 0 Å². The lowest BCUT2D eigenvalue weighted by molar-refractivity contribution is -0.0206. The molecule has 1 atom stereocenters. The van der Waals surface area contributed by atoms with Gasteiger partial charge in [0.2, 0.25) is 0 Å². The molecule has 2 aromatic rings. The summed E-state index contributed by atoms with van der Waals surface area (Å²) in [5.74, 6) is 0. The third-order valence-electron chi connectivity index (χ3n) is 5.53. The van der Waals surface area contributed by atoms with Crippen LogP contribution in [0.5, 0.6) is 0 Å². The molecule has 0 saturated carbocycles. The van der Waals surface area contributed by atoms with Crippen molar-refractivity contribution >= 4 is 8.32 Å². The molecule has 2 aromatic carbocycles. The molecule has 2 rings (SSSR count). The quantitative estimate of drug-likeness (QED) is 0.567. The Labute approximate surface area is 154 Å². The van der Waals surface area contributed by atoms with Crippen molar-refractivity contribution in [2.75, 3.05) is 6.61 Å². The lowest BCUT2D eigenvalue weighted by Gasteiger charge is -2.35. The van der Waals surface area contributed by atoms with E-state index in [1.165, 1.54) is 5.56 Å². The Morgan fingerprint density at radius 2 is 1.36 bits per heavy atom. The highest BCUT2D eigenvalue weighted by molar-refractivity contribution is 6.73. The van der Waals surface area contributed by atoms with Crippen molar-refractivity contribution in [1.29, 1.82) is 0 Å². The smallest absolute Gasteiger partial charge is 0.192 e. The first kappa shape index (κ1) is 19.9. The van der Waals surface area contributed by atoms with Crippen LogP contribution in [0.1, 0.15) is 38.3 Å². The molecule has 0 aliphatic heterocycles. The first-order valence-electron chi connectivity index (χ1n) is 9.53. The minimum Gasteiger partial charge on any atom is -0.414 e. The van der Waals surface area contributed by atoms with E-state index in [0.29, 0.717) is 13.0 Å². The minimum atomic E-state index is -1.73. The van der Waals surface area contributed by atoms with Gasteiger partial charge in [-0.2, -0.15) is 0 Å². The van der Waals surface area contributed by atoms with Gasteiger partial charge in [-0.3, -0.25) is 0 Å². The molecule has 1 N–H and O–H groups in total. The molecule has 0 bridgehead atoms. The van der Waals surface area contributed by atoms with Gasteiger partial charge < -0.3 is 9.53 Å². The van der Waals surface area contributed by atoms with Crippen molar-refractivity contribution in [3.63, 3.8) is 0 Å². The molecule has 0 radical (unpaired) electrons. The van der Waals surface area contributed by atoms with E-state index in [4.69, 9.17) is 4.43 Å². The van der Waals surface area contributed by atoms with Crippen LogP contribution in [-0.2, 0) is 16.4 Å². The fraction of sp³-hybridized carbons (Fsp3) is 0.455. The van der Waals surface area contributed by atoms with Crippen molar-refractivity contribution < 1.29 is 9.53 Å². The average Bonchev–Trinajstić information content (AvgIpc) is 2.69. The molecule has 0 aliphatic rings. The van der Waals surface area contributed by atoms with Crippen molar-refractivity contribution in [3.05, 3.63) is 71.8 Å². The molecule has 0 aliphatic carbocycles. The van der Waals surface area contributed by atoms with Crippen molar-refractivity contribution in [2.45, 2.75) is 57.3 Å². The number of rotatable bonds is 10. The third-order valence-corrected chi connectivity index (χ3v) is 10.2. The molecule has 0 spiro atoms. The summed E-state index contributed by atoms with van der Waals surface area (Å²) in [6.07, 6.45) is 1.51. The summed E-state index contributed by atoms with van der Waals surface area (Å²) in [4.78, 5) is 0. The first-order valence-corrected chi connectivity index (χ1v) is 12.1. The van der Waals surface area contributed by atoms with Gasteiger partial charge in [0.1, 0.15) is 5.60 Å². The van der Waals surface area contributed by atoms with Gasteiger partial charge in [0.05, 0.1) is 6.61 Å². The summed E-state index contributed by atoms with van der Waals surface area (Å²) >= 11 is 0. The van der Waals surface area contributed by atoms with Crippen LogP contribution >= 0.6 is 0 Å². The Morgan fingerprint density at radius 3 is 1.88 bits per heavy atom. The number of aryl methyl sites for hydroxylation is 1. The molecular weight excluding hydrogens is 324 g/mol. The zero-order valence-electron chi connectivity index (χ0n) is 15.9. The molecule has 0 fully saturated rings. The fourth-order valence-electron chi connectivity index (χ4n) is 3.37. The van der Waals surface area contributed by atoms with Gasteiger partial charge >= 0.3 is 0 Å². The van der Waals surface area contributed by atoms with Crippen LogP contribution in [0.25, 0.3) is 0 Å². The molecule has 0 amide bonds. The van der Waals surface area contributed by atoms with Crippen molar-refractivity contribution in [3.8, 4) is 0 Å². The number of hydrogen-bond donors (Lipinski definition) is 1. The predicted octanol–water partition coefficient (Wildman–Crippen LogP) is 5.53. The van der Waals surface area contributed by atoms with E-state index in [2.05, 4.69) is 45.0 Å². The lowest BCUT2D eigenvalue weighted by Crippen LogP contribution is -2.42. The normalized spacial score (nSPS) is 14.2. The van der Waals surface area contributed by atoms with Crippen LogP contribution in [-0.4, -0.2) is 20.0 Å². The van der Waals surface area contributed by atoms with E-state index >= 15 is 0 Å². The summed E-state index contributed by atoms with van der Waals surface area (Å²) in [6.45, 7) is 7.08. The SMILES string of the molecule is CC[Si](CC)(CC)OC[C@@](O)(CCc1ccccc1)c1ccccc1. The molecule has 25 heavy (non-hydrogen) atoms. The highest BCUT2D eigenvalue weighted by Gasteiger charge is 2.35. The average molecular weight is 357 g/mol. The summed E-state index contributed by atoms with van der Waals surface area (Å²) < 4.78 is 6.47. The Morgan fingerprint density at radius 1 is 0.840 bits per heavy atom. The standard InChI is InChI=1S/C22H32O2Si/c1-4-25(5-2,6-3)24-19-22(23,21-15-11-8-12-16-21)18-17-20-13-9-7-10-14-20/h7-16,23H,4-6,17-19H2,1-3H3/t22-/m0/s1. The van der Waals surface area contributed by atoms with Crippen LogP contribution in [0.15, 0.2) is 60.7 Å². The van der Waals surface area contributed by atoms with Gasteiger partial charge in [-0.1, -0.05) is 81.4 Å².